The first-order chi connectivity index (χ1) is 11.5. The molecule has 1 unspecified atom stereocenters. The Bertz CT molecular complexity index is 701. The molecule has 0 saturated heterocycles. The number of phenolic OH excluding ortho intramolecular Hbond substituents is 1. The van der Waals surface area contributed by atoms with Gasteiger partial charge in [0.05, 0.1) is 0 Å². The Morgan fingerprint density at radius 2 is 1.71 bits per heavy atom. The zero-order valence-electron chi connectivity index (χ0n) is 14.4. The Morgan fingerprint density at radius 3 is 2.33 bits per heavy atom. The number of ketones is 1. The van der Waals surface area contributed by atoms with Crippen LogP contribution in [0.25, 0.3) is 0 Å². The van der Waals surface area contributed by atoms with E-state index in [1.165, 1.54) is 5.56 Å². The van der Waals surface area contributed by atoms with Gasteiger partial charge in [0.25, 0.3) is 0 Å². The minimum atomic E-state index is -0.220. The molecule has 0 heterocycles. The molecule has 3 rings (SSSR count). The van der Waals surface area contributed by atoms with Crippen LogP contribution >= 0.6 is 0 Å². The van der Waals surface area contributed by atoms with E-state index in [0.29, 0.717) is 18.6 Å². The van der Waals surface area contributed by atoms with Gasteiger partial charge in [-0.3, -0.25) is 9.69 Å². The van der Waals surface area contributed by atoms with Gasteiger partial charge >= 0.3 is 0 Å². The lowest BCUT2D eigenvalue weighted by molar-refractivity contribution is -0.123. The van der Waals surface area contributed by atoms with E-state index in [9.17, 15) is 9.90 Å². The molecule has 1 fully saturated rings. The molecule has 2 aromatic rings. The maximum absolute atomic E-state index is 11.8. The number of rotatable bonds is 4. The summed E-state index contributed by atoms with van der Waals surface area (Å²) in [4.78, 5) is 14.2. The van der Waals surface area contributed by atoms with Crippen molar-refractivity contribution in [2.24, 2.45) is 0 Å². The van der Waals surface area contributed by atoms with E-state index >= 15 is 0 Å². The molecule has 126 valence electrons. The number of hydrogen-bond acceptors (Lipinski definition) is 3. The van der Waals surface area contributed by atoms with Crippen LogP contribution in [0.3, 0.4) is 0 Å². The molecule has 0 aromatic heterocycles. The summed E-state index contributed by atoms with van der Waals surface area (Å²) in [7, 11) is 2.14. The van der Waals surface area contributed by atoms with E-state index in [0.717, 1.165) is 18.4 Å². The molecule has 0 aliphatic heterocycles. The molecule has 1 atom stereocenters. The topological polar surface area (TPSA) is 40.5 Å². The van der Waals surface area contributed by atoms with E-state index in [2.05, 4.69) is 49.2 Å². The van der Waals surface area contributed by atoms with Gasteiger partial charge in [0.1, 0.15) is 11.5 Å². The maximum atomic E-state index is 11.8. The summed E-state index contributed by atoms with van der Waals surface area (Å²) in [6, 6.07) is 18.2. The Morgan fingerprint density at radius 1 is 1.04 bits per heavy atom. The fraction of sp³-hybridized carbons (Fsp3) is 0.381. The first-order valence-electron chi connectivity index (χ1n) is 8.62. The number of carbonyl (C=O) groups is 1. The molecule has 0 amide bonds. The molecule has 3 nitrogen and oxygen atoms in total. The van der Waals surface area contributed by atoms with E-state index in [1.54, 1.807) is 6.07 Å². The first-order valence-corrected chi connectivity index (χ1v) is 8.62. The third-order valence-corrected chi connectivity index (χ3v) is 5.56. The fourth-order valence-corrected chi connectivity index (χ4v) is 3.91. The molecule has 0 radical (unpaired) electrons. The van der Waals surface area contributed by atoms with Gasteiger partial charge in [-0.15, -0.1) is 0 Å². The highest BCUT2D eigenvalue weighted by Gasteiger charge is 2.41. The molecule has 0 spiro atoms. The van der Waals surface area contributed by atoms with E-state index in [4.69, 9.17) is 0 Å². The highest BCUT2D eigenvalue weighted by Crippen LogP contribution is 2.44. The van der Waals surface area contributed by atoms with Crippen molar-refractivity contribution in [2.45, 2.75) is 44.2 Å². The number of Topliss-reactive ketones (excluding diaryl/α,β-unsaturated/α-hetero) is 1. The van der Waals surface area contributed by atoms with Gasteiger partial charge in [-0.1, -0.05) is 42.5 Å². The van der Waals surface area contributed by atoms with Crippen LogP contribution in [-0.4, -0.2) is 22.8 Å². The highest BCUT2D eigenvalue weighted by atomic mass is 16.3. The van der Waals surface area contributed by atoms with Gasteiger partial charge in [-0.2, -0.15) is 0 Å². The summed E-state index contributed by atoms with van der Waals surface area (Å²) in [5.74, 6) is 0.621. The van der Waals surface area contributed by atoms with Crippen molar-refractivity contribution in [3.63, 3.8) is 0 Å². The molecule has 0 bridgehead atoms. The molecule has 1 N–H and O–H groups in total. The summed E-state index contributed by atoms with van der Waals surface area (Å²) in [6.07, 6.45) is 2.79. The van der Waals surface area contributed by atoms with Crippen LogP contribution in [0, 0.1) is 0 Å². The molecule has 1 aliphatic rings. The SMILES string of the molecule is CC(c1ccccc1)N(C)C1(c2cccc(O)c2)CCC(=O)CC1. The summed E-state index contributed by atoms with van der Waals surface area (Å²) in [6.45, 7) is 2.20. The van der Waals surface area contributed by atoms with Crippen molar-refractivity contribution in [1.82, 2.24) is 4.90 Å². The standard InChI is InChI=1S/C21H25NO2/c1-16(17-7-4-3-5-8-17)22(2)21(13-11-19(23)12-14-21)18-9-6-10-20(24)15-18/h3-10,15-16,24H,11-14H2,1-2H3. The summed E-state index contributed by atoms with van der Waals surface area (Å²) < 4.78 is 0. The lowest BCUT2D eigenvalue weighted by Gasteiger charge is -2.47. The Kier molecular flexibility index (Phi) is 4.72. The average molecular weight is 323 g/mol. The number of phenols is 1. The smallest absolute Gasteiger partial charge is 0.133 e. The average Bonchev–Trinajstić information content (AvgIpc) is 2.62. The van der Waals surface area contributed by atoms with Crippen LogP contribution in [0.4, 0.5) is 0 Å². The molecule has 24 heavy (non-hydrogen) atoms. The molecular formula is C21H25NO2. The summed E-state index contributed by atoms with van der Waals surface area (Å²) >= 11 is 0. The van der Waals surface area contributed by atoms with Crippen molar-refractivity contribution in [3.05, 3.63) is 65.7 Å². The molecular weight excluding hydrogens is 298 g/mol. The zero-order chi connectivity index (χ0) is 17.2. The number of nitrogens with zero attached hydrogens (tertiary/aromatic N) is 1. The molecule has 1 saturated carbocycles. The van der Waals surface area contributed by atoms with Gasteiger partial charge in [-0.05, 0) is 50.1 Å². The van der Waals surface area contributed by atoms with Crippen molar-refractivity contribution < 1.29 is 9.90 Å². The van der Waals surface area contributed by atoms with Crippen molar-refractivity contribution in [3.8, 4) is 5.75 Å². The second kappa shape index (κ2) is 6.78. The second-order valence-electron chi connectivity index (χ2n) is 6.82. The van der Waals surface area contributed by atoms with Gasteiger partial charge in [0.15, 0.2) is 0 Å². The number of aromatic hydroxyl groups is 1. The van der Waals surface area contributed by atoms with Crippen LogP contribution in [0.1, 0.15) is 49.8 Å². The van der Waals surface area contributed by atoms with E-state index in [-0.39, 0.29) is 17.3 Å². The minimum absolute atomic E-state index is 0.220. The summed E-state index contributed by atoms with van der Waals surface area (Å²) in [5, 5.41) is 9.96. The lowest BCUT2D eigenvalue weighted by atomic mass is 9.74. The number of benzene rings is 2. The second-order valence-corrected chi connectivity index (χ2v) is 6.82. The minimum Gasteiger partial charge on any atom is -0.508 e. The Balaban J connectivity index is 2.00. The predicted molar refractivity (Wildman–Crippen MR) is 95.9 cm³/mol. The van der Waals surface area contributed by atoms with Crippen LogP contribution in [0.2, 0.25) is 0 Å². The predicted octanol–water partition coefficient (Wildman–Crippen LogP) is 4.42. The Labute approximate surface area is 143 Å². The van der Waals surface area contributed by atoms with Gasteiger partial charge in [0, 0.05) is 24.4 Å². The monoisotopic (exact) mass is 323 g/mol. The fourth-order valence-electron chi connectivity index (χ4n) is 3.91. The third kappa shape index (κ3) is 3.09. The molecule has 3 heteroatoms. The zero-order valence-corrected chi connectivity index (χ0v) is 14.4. The Hall–Kier alpha value is -2.13. The van der Waals surface area contributed by atoms with Gasteiger partial charge < -0.3 is 5.11 Å². The van der Waals surface area contributed by atoms with Crippen molar-refractivity contribution in [2.75, 3.05) is 7.05 Å². The van der Waals surface area contributed by atoms with Crippen LogP contribution in [0.15, 0.2) is 54.6 Å². The normalized spacial score (nSPS) is 18.5. The van der Waals surface area contributed by atoms with Gasteiger partial charge in [-0.25, -0.2) is 0 Å². The number of hydrogen-bond donors (Lipinski definition) is 1. The van der Waals surface area contributed by atoms with Gasteiger partial charge in [0.2, 0.25) is 0 Å². The third-order valence-electron chi connectivity index (χ3n) is 5.56. The molecule has 2 aromatic carbocycles. The maximum Gasteiger partial charge on any atom is 0.133 e. The number of carbonyl (C=O) groups excluding carboxylic acids is 1. The van der Waals surface area contributed by atoms with Crippen LogP contribution < -0.4 is 0 Å². The quantitative estimate of drug-likeness (QED) is 0.905. The summed E-state index contributed by atoms with van der Waals surface area (Å²) in [5.41, 5.74) is 2.14. The van der Waals surface area contributed by atoms with Crippen LogP contribution in [-0.2, 0) is 10.3 Å². The van der Waals surface area contributed by atoms with Crippen LogP contribution in [0.5, 0.6) is 5.75 Å². The largest absolute Gasteiger partial charge is 0.508 e. The van der Waals surface area contributed by atoms with E-state index in [1.807, 2.05) is 18.2 Å². The lowest BCUT2D eigenvalue weighted by Crippen LogP contribution is -2.47. The first kappa shape index (κ1) is 16.7. The van der Waals surface area contributed by atoms with E-state index < -0.39 is 0 Å². The highest BCUT2D eigenvalue weighted by molar-refractivity contribution is 5.79. The molecule has 1 aliphatic carbocycles. The van der Waals surface area contributed by atoms with Crippen molar-refractivity contribution >= 4 is 5.78 Å². The van der Waals surface area contributed by atoms with Crippen molar-refractivity contribution in [1.29, 1.82) is 0 Å².